The molecule has 3 aromatic carbocycles. The second-order valence-electron chi connectivity index (χ2n) is 9.44. The van der Waals surface area contributed by atoms with Crippen LogP contribution in [0.3, 0.4) is 0 Å². The summed E-state index contributed by atoms with van der Waals surface area (Å²) in [4.78, 5) is 12.3. The number of hydrogen-bond acceptors (Lipinski definition) is 4. The van der Waals surface area contributed by atoms with E-state index in [2.05, 4.69) is 0 Å². The molecule has 1 aliphatic heterocycles. The Morgan fingerprint density at radius 1 is 1.12 bits per heavy atom. The third kappa shape index (κ3) is 5.74. The van der Waals surface area contributed by atoms with Gasteiger partial charge in [0.2, 0.25) is 0 Å². The fourth-order valence-corrected chi connectivity index (χ4v) is 6.77. The Hall–Kier alpha value is -3.37. The van der Waals surface area contributed by atoms with Gasteiger partial charge in [0.1, 0.15) is 5.82 Å². The lowest BCUT2D eigenvalue weighted by molar-refractivity contribution is -0.148. The number of ether oxygens (including phenoxy) is 1. The van der Waals surface area contributed by atoms with Gasteiger partial charge in [-0.2, -0.15) is 13.2 Å². The number of nitrogens with zero attached hydrogens (tertiary/aromatic N) is 1. The third-order valence-corrected chi connectivity index (χ3v) is 9.06. The van der Waals surface area contributed by atoms with Gasteiger partial charge in [-0.3, -0.25) is 9.10 Å². The molecule has 0 radical (unpaired) electrons. The Labute approximate surface area is 235 Å². The lowest BCUT2D eigenvalue weighted by Crippen LogP contribution is -2.49. The highest BCUT2D eigenvalue weighted by molar-refractivity contribution is 7.92. The summed E-state index contributed by atoms with van der Waals surface area (Å²) in [5.41, 5.74) is 1.01. The maximum atomic E-state index is 14.4. The minimum atomic E-state index is -4.75. The summed E-state index contributed by atoms with van der Waals surface area (Å²) in [5.74, 6) is -2.06. The van der Waals surface area contributed by atoms with Gasteiger partial charge < -0.3 is 4.74 Å². The van der Waals surface area contributed by atoms with E-state index in [0.717, 1.165) is 22.5 Å². The molecule has 0 aromatic heterocycles. The highest BCUT2D eigenvalue weighted by Crippen LogP contribution is 2.41. The predicted molar refractivity (Wildman–Crippen MR) is 146 cm³/mol. The van der Waals surface area contributed by atoms with Crippen LogP contribution >= 0.6 is 11.6 Å². The molecule has 212 valence electrons. The number of fused-ring (bicyclic) bond motifs is 1. The topological polar surface area (TPSA) is 63.7 Å². The Morgan fingerprint density at radius 3 is 2.48 bits per heavy atom. The smallest absolute Gasteiger partial charge is 0.416 e. The molecule has 3 aromatic rings. The number of esters is 1. The van der Waals surface area contributed by atoms with E-state index in [-0.39, 0.29) is 29.3 Å². The maximum Gasteiger partial charge on any atom is 0.416 e. The molecule has 0 bridgehead atoms. The minimum absolute atomic E-state index is 0.0700. The summed E-state index contributed by atoms with van der Waals surface area (Å²) in [6.45, 7) is 4.95. The van der Waals surface area contributed by atoms with Crippen LogP contribution in [-0.4, -0.2) is 27.0 Å². The largest absolute Gasteiger partial charge is 0.466 e. The SMILES string of the molecule is CCOC(=O)[C@@H]1Cc2cc(/C(C)=C/c3c(F)cccc3Cl)ccc2N(S(=O)(=O)c2cccc(C(F)(F)F)c2)[C@@H]1C. The molecule has 11 heteroatoms. The molecular formula is C29H26ClF4NO4S. The number of rotatable bonds is 6. The van der Waals surface area contributed by atoms with E-state index in [1.54, 1.807) is 38.1 Å². The van der Waals surface area contributed by atoms with E-state index in [9.17, 15) is 30.8 Å². The zero-order valence-corrected chi connectivity index (χ0v) is 23.4. The number of allylic oxidation sites excluding steroid dienone is 1. The van der Waals surface area contributed by atoms with E-state index in [4.69, 9.17) is 16.3 Å². The van der Waals surface area contributed by atoms with Crippen LogP contribution in [0.2, 0.25) is 5.02 Å². The Kier molecular flexibility index (Phi) is 8.33. The summed E-state index contributed by atoms with van der Waals surface area (Å²) in [7, 11) is -4.54. The lowest BCUT2D eigenvalue weighted by Gasteiger charge is -2.40. The fourth-order valence-electron chi connectivity index (χ4n) is 4.77. The van der Waals surface area contributed by atoms with Crippen LogP contribution in [0.1, 0.15) is 43.0 Å². The monoisotopic (exact) mass is 595 g/mol. The number of carbonyl (C=O) groups is 1. The van der Waals surface area contributed by atoms with Crippen LogP contribution in [0.4, 0.5) is 23.2 Å². The normalized spacial score (nSPS) is 17.9. The van der Waals surface area contributed by atoms with Crippen molar-refractivity contribution in [1.82, 2.24) is 0 Å². The van der Waals surface area contributed by atoms with Gasteiger partial charge in [0, 0.05) is 5.56 Å². The van der Waals surface area contributed by atoms with Crippen LogP contribution in [0.15, 0.2) is 65.6 Å². The average molecular weight is 596 g/mol. The fraction of sp³-hybridized carbons (Fsp3) is 0.276. The van der Waals surface area contributed by atoms with Gasteiger partial charge in [0.15, 0.2) is 0 Å². The van der Waals surface area contributed by atoms with Crippen molar-refractivity contribution in [2.24, 2.45) is 5.92 Å². The summed E-state index contributed by atoms with van der Waals surface area (Å²) < 4.78 is 88.4. The Bertz CT molecular complexity index is 1570. The molecule has 1 aliphatic rings. The average Bonchev–Trinajstić information content (AvgIpc) is 2.89. The van der Waals surface area contributed by atoms with Crippen LogP contribution in [0.25, 0.3) is 11.6 Å². The van der Waals surface area contributed by atoms with E-state index in [1.165, 1.54) is 25.1 Å². The van der Waals surface area contributed by atoms with E-state index in [0.29, 0.717) is 22.8 Å². The molecule has 4 rings (SSSR count). The lowest BCUT2D eigenvalue weighted by atomic mass is 9.86. The van der Waals surface area contributed by atoms with Crippen molar-refractivity contribution in [3.63, 3.8) is 0 Å². The molecule has 0 fully saturated rings. The van der Waals surface area contributed by atoms with Crippen molar-refractivity contribution in [1.29, 1.82) is 0 Å². The van der Waals surface area contributed by atoms with Crippen molar-refractivity contribution in [3.05, 3.63) is 93.8 Å². The van der Waals surface area contributed by atoms with Crippen molar-refractivity contribution < 1.29 is 35.5 Å². The van der Waals surface area contributed by atoms with Crippen LogP contribution < -0.4 is 4.31 Å². The predicted octanol–water partition coefficient (Wildman–Crippen LogP) is 7.38. The van der Waals surface area contributed by atoms with E-state index >= 15 is 0 Å². The zero-order chi connectivity index (χ0) is 29.4. The zero-order valence-electron chi connectivity index (χ0n) is 21.8. The van der Waals surface area contributed by atoms with Gasteiger partial charge in [-0.15, -0.1) is 0 Å². The summed E-state index contributed by atoms with van der Waals surface area (Å²) in [6, 6.07) is 11.7. The van der Waals surface area contributed by atoms with Gasteiger partial charge in [0.25, 0.3) is 10.0 Å². The van der Waals surface area contributed by atoms with Gasteiger partial charge >= 0.3 is 12.1 Å². The molecule has 0 saturated carbocycles. The van der Waals surface area contributed by atoms with Crippen LogP contribution in [-0.2, 0) is 32.2 Å². The van der Waals surface area contributed by atoms with Crippen LogP contribution in [0, 0.1) is 11.7 Å². The molecule has 0 saturated heterocycles. The molecule has 0 amide bonds. The number of hydrogen-bond donors (Lipinski definition) is 0. The molecule has 0 aliphatic carbocycles. The maximum absolute atomic E-state index is 14.4. The number of carbonyl (C=O) groups excluding carboxylic acids is 1. The summed E-state index contributed by atoms with van der Waals surface area (Å²) in [6.07, 6.45) is -3.05. The Morgan fingerprint density at radius 2 is 1.82 bits per heavy atom. The number of halogens is 5. The molecule has 0 N–H and O–H groups in total. The van der Waals surface area contributed by atoms with Gasteiger partial charge in [0.05, 0.1) is 39.7 Å². The molecular weight excluding hydrogens is 570 g/mol. The highest BCUT2D eigenvalue weighted by Gasteiger charge is 2.43. The first kappa shape index (κ1) is 29.6. The van der Waals surface area contributed by atoms with Crippen LogP contribution in [0.5, 0.6) is 0 Å². The molecule has 0 unspecified atom stereocenters. The molecule has 1 heterocycles. The summed E-state index contributed by atoms with van der Waals surface area (Å²) in [5, 5.41) is 0.215. The first-order chi connectivity index (χ1) is 18.8. The second-order valence-corrected chi connectivity index (χ2v) is 11.7. The third-order valence-electron chi connectivity index (χ3n) is 6.83. The minimum Gasteiger partial charge on any atom is -0.466 e. The quantitative estimate of drug-likeness (QED) is 0.169. The summed E-state index contributed by atoms with van der Waals surface area (Å²) >= 11 is 6.16. The number of sulfonamides is 1. The number of anilines is 1. The Balaban J connectivity index is 1.85. The molecule has 2 atom stereocenters. The number of alkyl halides is 3. The number of benzene rings is 3. The molecule has 0 spiro atoms. The van der Waals surface area contributed by atoms with Crippen molar-refractivity contribution in [3.8, 4) is 0 Å². The second kappa shape index (κ2) is 11.2. The van der Waals surface area contributed by atoms with Crippen molar-refractivity contribution >= 4 is 44.9 Å². The van der Waals surface area contributed by atoms with E-state index < -0.39 is 50.4 Å². The highest BCUT2D eigenvalue weighted by atomic mass is 35.5. The first-order valence-corrected chi connectivity index (χ1v) is 14.2. The van der Waals surface area contributed by atoms with Crippen molar-refractivity contribution in [2.75, 3.05) is 10.9 Å². The van der Waals surface area contributed by atoms with Gasteiger partial charge in [-0.1, -0.05) is 29.8 Å². The van der Waals surface area contributed by atoms with Gasteiger partial charge in [-0.25, -0.2) is 12.8 Å². The standard InChI is InChI=1S/C29H26ClF4NO4S/c1-4-39-28(36)23-15-20-14-19(17(2)13-24-25(30)9-6-10-26(24)31)11-12-27(20)35(18(23)3)40(37,38)22-8-5-7-21(16-22)29(32,33)34/h5-14,16,18,23H,4,15H2,1-3H3/b17-13+/t18-,23-/m1/s1. The first-order valence-electron chi connectivity index (χ1n) is 12.4. The van der Waals surface area contributed by atoms with E-state index in [1.807, 2.05) is 0 Å². The van der Waals surface area contributed by atoms with Gasteiger partial charge in [-0.05, 0) is 92.4 Å². The van der Waals surface area contributed by atoms with Crippen molar-refractivity contribution in [2.45, 2.75) is 44.3 Å². The molecule has 5 nitrogen and oxygen atoms in total. The molecule has 40 heavy (non-hydrogen) atoms.